The van der Waals surface area contributed by atoms with Crippen LogP contribution in [0.25, 0.3) is 0 Å². The maximum atomic E-state index is 12.5. The van der Waals surface area contributed by atoms with Crippen LogP contribution in [0.2, 0.25) is 0 Å². The Morgan fingerprint density at radius 3 is 2.57 bits per heavy atom. The summed E-state index contributed by atoms with van der Waals surface area (Å²) in [6, 6.07) is 2.66. The zero-order valence-electron chi connectivity index (χ0n) is 11.7. The first-order valence-electron chi connectivity index (χ1n) is 6.01. The maximum Gasteiger partial charge on any atom is 0.345 e. The second kappa shape index (κ2) is 5.15. The molecule has 0 aliphatic heterocycles. The van der Waals surface area contributed by atoms with Crippen molar-refractivity contribution in [3.63, 3.8) is 0 Å². The summed E-state index contributed by atoms with van der Waals surface area (Å²) < 4.78 is 27.3. The number of aromatic carboxylic acids is 1. The molecule has 114 valence electrons. The van der Waals surface area contributed by atoms with Crippen molar-refractivity contribution < 1.29 is 18.3 Å². The van der Waals surface area contributed by atoms with Crippen LogP contribution >= 0.6 is 11.3 Å². The Kier molecular flexibility index (Phi) is 3.81. The van der Waals surface area contributed by atoms with Crippen molar-refractivity contribution in [2.24, 2.45) is 0 Å². The lowest BCUT2D eigenvalue weighted by Gasteiger charge is -2.18. The van der Waals surface area contributed by atoms with Crippen LogP contribution in [0.5, 0.6) is 0 Å². The van der Waals surface area contributed by atoms with Crippen molar-refractivity contribution in [3.05, 3.63) is 28.1 Å². The molecule has 2 aromatic heterocycles. The number of aromatic amines is 1. The Labute approximate surface area is 126 Å². The third-order valence-corrected chi connectivity index (χ3v) is 5.69. The van der Waals surface area contributed by atoms with Crippen LogP contribution in [0.4, 0.5) is 5.82 Å². The number of nitrogens with zero attached hydrogens (tertiary/aromatic N) is 1. The van der Waals surface area contributed by atoms with Crippen molar-refractivity contribution in [3.8, 4) is 0 Å². The molecule has 0 aliphatic carbocycles. The first kappa shape index (κ1) is 15.5. The highest BCUT2D eigenvalue weighted by atomic mass is 32.2. The lowest BCUT2D eigenvalue weighted by Crippen LogP contribution is -2.19. The van der Waals surface area contributed by atoms with E-state index in [0.29, 0.717) is 4.88 Å². The van der Waals surface area contributed by atoms with Gasteiger partial charge in [0.2, 0.25) is 0 Å². The number of hydrogen-bond acceptors (Lipinski definition) is 5. The van der Waals surface area contributed by atoms with Crippen LogP contribution in [0.3, 0.4) is 0 Å². The second-order valence-corrected chi connectivity index (χ2v) is 8.14. The van der Waals surface area contributed by atoms with E-state index >= 15 is 0 Å². The van der Waals surface area contributed by atoms with Gasteiger partial charge in [0.05, 0.1) is 6.20 Å². The Morgan fingerprint density at radius 2 is 2.10 bits per heavy atom. The number of carboxylic acids is 1. The van der Waals surface area contributed by atoms with Crippen LogP contribution in [0.15, 0.2) is 23.2 Å². The zero-order chi connectivity index (χ0) is 15.8. The van der Waals surface area contributed by atoms with Gasteiger partial charge in [-0.25, -0.2) is 13.2 Å². The van der Waals surface area contributed by atoms with E-state index in [0.717, 1.165) is 11.3 Å². The molecule has 0 spiro atoms. The van der Waals surface area contributed by atoms with Gasteiger partial charge in [0.1, 0.15) is 15.6 Å². The first-order chi connectivity index (χ1) is 9.61. The van der Waals surface area contributed by atoms with Gasteiger partial charge < -0.3 is 5.11 Å². The minimum Gasteiger partial charge on any atom is -0.477 e. The Bertz CT molecular complexity index is 755. The molecule has 0 saturated heterocycles. The fourth-order valence-corrected chi connectivity index (χ4v) is 4.53. The van der Waals surface area contributed by atoms with Crippen molar-refractivity contribution in [2.75, 3.05) is 4.72 Å². The average Bonchev–Trinajstić information content (AvgIpc) is 2.94. The number of thiophene rings is 1. The molecule has 0 saturated carbocycles. The molecule has 3 N–H and O–H groups in total. The molecule has 2 heterocycles. The minimum absolute atomic E-state index is 0.00934. The summed E-state index contributed by atoms with van der Waals surface area (Å²) in [5, 5.41) is 15.2. The number of hydrogen-bond donors (Lipinski definition) is 3. The molecule has 0 bridgehead atoms. The molecule has 0 amide bonds. The van der Waals surface area contributed by atoms with Crippen LogP contribution in [-0.4, -0.2) is 29.7 Å². The fourth-order valence-electron chi connectivity index (χ4n) is 1.71. The summed E-state index contributed by atoms with van der Waals surface area (Å²) in [6.07, 6.45) is 1.42. The molecule has 9 heteroatoms. The number of rotatable bonds is 4. The number of carbonyl (C=O) groups is 1. The van der Waals surface area contributed by atoms with E-state index in [2.05, 4.69) is 14.9 Å². The van der Waals surface area contributed by atoms with Gasteiger partial charge in [-0.15, -0.1) is 11.3 Å². The van der Waals surface area contributed by atoms with Crippen molar-refractivity contribution in [1.29, 1.82) is 0 Å². The van der Waals surface area contributed by atoms with E-state index in [1.54, 1.807) is 0 Å². The Balaban J connectivity index is 2.53. The van der Waals surface area contributed by atoms with E-state index in [-0.39, 0.29) is 15.6 Å². The van der Waals surface area contributed by atoms with E-state index < -0.39 is 21.4 Å². The summed E-state index contributed by atoms with van der Waals surface area (Å²) in [4.78, 5) is 11.6. The molecule has 0 aliphatic rings. The van der Waals surface area contributed by atoms with Gasteiger partial charge in [-0.1, -0.05) is 20.8 Å². The van der Waals surface area contributed by atoms with Crippen LogP contribution in [0, 0.1) is 0 Å². The topological polar surface area (TPSA) is 112 Å². The maximum absolute atomic E-state index is 12.5. The quantitative estimate of drug-likeness (QED) is 0.796. The average molecular weight is 329 g/mol. The van der Waals surface area contributed by atoms with Crippen LogP contribution in [-0.2, 0) is 15.4 Å². The van der Waals surface area contributed by atoms with E-state index in [4.69, 9.17) is 5.11 Å². The number of nitrogens with one attached hydrogen (secondary N) is 2. The molecule has 0 radical (unpaired) electrons. The lowest BCUT2D eigenvalue weighted by atomic mass is 9.95. The van der Waals surface area contributed by atoms with Crippen molar-refractivity contribution in [2.45, 2.75) is 31.1 Å². The fraction of sp³-hybridized carbons (Fsp3) is 0.333. The Morgan fingerprint density at radius 1 is 1.43 bits per heavy atom. The third kappa shape index (κ3) is 3.24. The molecule has 2 aromatic rings. The second-order valence-electron chi connectivity index (χ2n) is 5.43. The molecule has 0 atom stereocenters. The minimum atomic E-state index is -3.88. The summed E-state index contributed by atoms with van der Waals surface area (Å²) in [5.74, 6) is -0.925. The van der Waals surface area contributed by atoms with Gasteiger partial charge in [-0.05, 0) is 11.5 Å². The predicted octanol–water partition coefficient (Wildman–Crippen LogP) is 2.27. The number of H-pyrrole nitrogens is 1. The number of carboxylic acid groups (broad SMARTS) is 1. The molecular weight excluding hydrogens is 314 g/mol. The molecule has 0 fully saturated rings. The molecule has 0 aromatic carbocycles. The normalized spacial score (nSPS) is 12.3. The molecule has 7 nitrogen and oxygen atoms in total. The summed E-state index contributed by atoms with van der Waals surface area (Å²) >= 11 is 0.969. The zero-order valence-corrected chi connectivity index (χ0v) is 13.3. The highest BCUT2D eigenvalue weighted by Crippen LogP contribution is 2.37. The van der Waals surface area contributed by atoms with Crippen molar-refractivity contribution in [1.82, 2.24) is 10.2 Å². The highest BCUT2D eigenvalue weighted by Gasteiger charge is 2.30. The predicted molar refractivity (Wildman–Crippen MR) is 79.4 cm³/mol. The number of anilines is 1. The monoisotopic (exact) mass is 329 g/mol. The largest absolute Gasteiger partial charge is 0.477 e. The van der Waals surface area contributed by atoms with Crippen LogP contribution in [0.1, 0.15) is 35.3 Å². The lowest BCUT2D eigenvalue weighted by molar-refractivity contribution is 0.0702. The number of sulfonamides is 1. The van der Waals surface area contributed by atoms with Gasteiger partial charge >= 0.3 is 5.97 Å². The molecular formula is C12H15N3O4S2. The van der Waals surface area contributed by atoms with Gasteiger partial charge in [-0.2, -0.15) is 5.10 Å². The van der Waals surface area contributed by atoms with Crippen molar-refractivity contribution >= 4 is 33.1 Å². The number of aromatic nitrogens is 2. The SMILES string of the molecule is CC(C)(C)c1sc(C(=O)O)cc1S(=O)(=O)Nc1ccn[nH]1. The summed E-state index contributed by atoms with van der Waals surface area (Å²) in [7, 11) is -3.88. The third-order valence-electron chi connectivity index (χ3n) is 2.62. The summed E-state index contributed by atoms with van der Waals surface area (Å²) in [6.45, 7) is 5.50. The van der Waals surface area contributed by atoms with Gasteiger partial charge in [0.15, 0.2) is 0 Å². The van der Waals surface area contributed by atoms with Gasteiger partial charge in [0.25, 0.3) is 10.0 Å². The van der Waals surface area contributed by atoms with Crippen LogP contribution < -0.4 is 4.72 Å². The smallest absolute Gasteiger partial charge is 0.345 e. The molecule has 21 heavy (non-hydrogen) atoms. The molecule has 0 unspecified atom stereocenters. The van der Waals surface area contributed by atoms with E-state index in [1.807, 2.05) is 20.8 Å². The Hall–Kier alpha value is -1.87. The standard InChI is InChI=1S/C12H15N3O4S2/c1-12(2,3)10-8(6-7(20-10)11(16)17)21(18,19)15-9-4-5-13-14-9/h4-6H,1-3H3,(H,16,17)(H2,13,14,15). The van der Waals surface area contributed by atoms with E-state index in [1.165, 1.54) is 18.3 Å². The van der Waals surface area contributed by atoms with Gasteiger partial charge in [-0.3, -0.25) is 9.82 Å². The molecule has 2 rings (SSSR count). The first-order valence-corrected chi connectivity index (χ1v) is 8.31. The van der Waals surface area contributed by atoms with E-state index in [9.17, 15) is 13.2 Å². The highest BCUT2D eigenvalue weighted by molar-refractivity contribution is 7.93. The summed E-state index contributed by atoms with van der Waals surface area (Å²) in [5.41, 5.74) is -0.490. The van der Waals surface area contributed by atoms with Gasteiger partial charge in [0, 0.05) is 10.9 Å².